The van der Waals surface area contributed by atoms with Gasteiger partial charge in [0, 0.05) is 23.3 Å². The lowest BCUT2D eigenvalue weighted by Crippen LogP contribution is -2.41. The van der Waals surface area contributed by atoms with E-state index < -0.39 is 0 Å². The standard InChI is InChI=1S/C21H29N3O2/c1-4-13(2)21(25)24-15-8-10-16(11-9-15)26-19-7-5-6-18-20(19)17(22)12-14(3)23-18/h5-7,12-13,15-16H,4,8-11H2,1-3H3,(H2,22,23)(H,24,25)/t13-,15?,16?/m1/s1. The summed E-state index contributed by atoms with van der Waals surface area (Å²) in [4.78, 5) is 16.6. The van der Waals surface area contributed by atoms with E-state index in [4.69, 9.17) is 10.5 Å². The monoisotopic (exact) mass is 355 g/mol. The first kappa shape index (κ1) is 18.5. The smallest absolute Gasteiger partial charge is 0.223 e. The highest BCUT2D eigenvalue weighted by Gasteiger charge is 2.25. The molecule has 1 aromatic heterocycles. The van der Waals surface area contributed by atoms with Crippen molar-refractivity contribution in [2.75, 3.05) is 5.73 Å². The number of anilines is 1. The number of carbonyl (C=O) groups excluding carboxylic acids is 1. The van der Waals surface area contributed by atoms with Crippen LogP contribution in [0.15, 0.2) is 24.3 Å². The molecule has 0 radical (unpaired) electrons. The van der Waals surface area contributed by atoms with Gasteiger partial charge in [0.2, 0.25) is 5.91 Å². The van der Waals surface area contributed by atoms with Crippen molar-refractivity contribution in [2.24, 2.45) is 5.92 Å². The largest absolute Gasteiger partial charge is 0.490 e. The molecular weight excluding hydrogens is 326 g/mol. The second-order valence-corrected chi connectivity index (χ2v) is 7.41. The van der Waals surface area contributed by atoms with Crippen molar-refractivity contribution in [1.82, 2.24) is 10.3 Å². The summed E-state index contributed by atoms with van der Waals surface area (Å²) in [5, 5.41) is 4.07. The third kappa shape index (κ3) is 4.09. The van der Waals surface area contributed by atoms with Gasteiger partial charge in [-0.25, -0.2) is 0 Å². The number of fused-ring (bicyclic) bond motifs is 1. The highest BCUT2D eigenvalue weighted by molar-refractivity contribution is 5.95. The Morgan fingerprint density at radius 3 is 2.77 bits per heavy atom. The molecule has 1 aliphatic rings. The van der Waals surface area contributed by atoms with Crippen LogP contribution in [-0.4, -0.2) is 23.0 Å². The maximum Gasteiger partial charge on any atom is 0.223 e. The van der Waals surface area contributed by atoms with E-state index in [9.17, 15) is 4.79 Å². The predicted molar refractivity (Wildman–Crippen MR) is 105 cm³/mol. The van der Waals surface area contributed by atoms with Crippen LogP contribution in [0.1, 0.15) is 51.6 Å². The van der Waals surface area contributed by atoms with Crippen LogP contribution >= 0.6 is 0 Å². The van der Waals surface area contributed by atoms with Crippen LogP contribution in [0, 0.1) is 12.8 Å². The molecule has 1 aliphatic carbocycles. The average molecular weight is 355 g/mol. The van der Waals surface area contributed by atoms with E-state index in [2.05, 4.69) is 10.3 Å². The molecule has 1 aromatic carbocycles. The number of rotatable bonds is 5. The number of aryl methyl sites for hydroxylation is 1. The normalized spacial score (nSPS) is 21.3. The number of nitrogens with one attached hydrogen (secondary N) is 1. The topological polar surface area (TPSA) is 77.2 Å². The molecule has 2 aromatic rings. The first-order valence-corrected chi connectivity index (χ1v) is 9.60. The van der Waals surface area contributed by atoms with Crippen LogP contribution in [0.5, 0.6) is 5.75 Å². The number of aromatic nitrogens is 1. The Morgan fingerprint density at radius 1 is 1.35 bits per heavy atom. The zero-order valence-corrected chi connectivity index (χ0v) is 15.9. The molecule has 140 valence electrons. The van der Waals surface area contributed by atoms with Gasteiger partial charge >= 0.3 is 0 Å². The number of ether oxygens (including phenoxy) is 1. The van der Waals surface area contributed by atoms with E-state index in [1.807, 2.05) is 45.0 Å². The number of pyridine rings is 1. The highest BCUT2D eigenvalue weighted by Crippen LogP contribution is 2.33. The first-order chi connectivity index (χ1) is 12.5. The van der Waals surface area contributed by atoms with Crippen molar-refractivity contribution in [2.45, 2.75) is 65.0 Å². The van der Waals surface area contributed by atoms with Gasteiger partial charge in [0.15, 0.2) is 0 Å². The van der Waals surface area contributed by atoms with Gasteiger partial charge in [-0.1, -0.05) is 19.9 Å². The van der Waals surface area contributed by atoms with Crippen molar-refractivity contribution >= 4 is 22.5 Å². The summed E-state index contributed by atoms with van der Waals surface area (Å²) in [5.41, 5.74) is 8.70. The molecule has 1 fully saturated rings. The molecule has 5 nitrogen and oxygen atoms in total. The minimum Gasteiger partial charge on any atom is -0.490 e. The Bertz CT molecular complexity index is 782. The van der Waals surface area contributed by atoms with Crippen molar-refractivity contribution in [3.05, 3.63) is 30.0 Å². The van der Waals surface area contributed by atoms with E-state index in [0.717, 1.165) is 54.5 Å². The van der Waals surface area contributed by atoms with Crippen LogP contribution in [0.2, 0.25) is 0 Å². The number of benzene rings is 1. The molecule has 0 bridgehead atoms. The SMILES string of the molecule is CC[C@@H](C)C(=O)NC1CCC(Oc2cccc3nc(C)cc(N)c23)CC1. The maximum atomic E-state index is 12.1. The van der Waals surface area contributed by atoms with Gasteiger partial charge < -0.3 is 15.8 Å². The van der Waals surface area contributed by atoms with Gasteiger partial charge in [0.05, 0.1) is 17.0 Å². The zero-order valence-electron chi connectivity index (χ0n) is 15.9. The molecule has 1 heterocycles. The number of amides is 1. The van der Waals surface area contributed by atoms with Gasteiger partial charge in [-0.2, -0.15) is 0 Å². The summed E-state index contributed by atoms with van der Waals surface area (Å²) in [6, 6.07) is 8.04. The summed E-state index contributed by atoms with van der Waals surface area (Å²) >= 11 is 0. The molecule has 3 N–H and O–H groups in total. The summed E-state index contributed by atoms with van der Waals surface area (Å²) in [5.74, 6) is 1.05. The number of nitrogens with two attached hydrogens (primary N) is 1. The second-order valence-electron chi connectivity index (χ2n) is 7.41. The third-order valence-electron chi connectivity index (χ3n) is 5.33. The molecule has 3 rings (SSSR count). The fourth-order valence-corrected chi connectivity index (χ4v) is 3.55. The fraction of sp³-hybridized carbons (Fsp3) is 0.524. The number of carbonyl (C=O) groups is 1. The highest BCUT2D eigenvalue weighted by atomic mass is 16.5. The summed E-state index contributed by atoms with van der Waals surface area (Å²) in [6.45, 7) is 5.96. The first-order valence-electron chi connectivity index (χ1n) is 9.60. The Morgan fingerprint density at radius 2 is 2.08 bits per heavy atom. The lowest BCUT2D eigenvalue weighted by atomic mass is 9.92. The van der Waals surface area contributed by atoms with Crippen molar-refractivity contribution < 1.29 is 9.53 Å². The molecule has 1 amide bonds. The van der Waals surface area contributed by atoms with Crippen molar-refractivity contribution in [1.29, 1.82) is 0 Å². The number of nitrogens with zero attached hydrogens (tertiary/aromatic N) is 1. The average Bonchev–Trinajstić information content (AvgIpc) is 2.62. The molecule has 0 aliphatic heterocycles. The molecule has 26 heavy (non-hydrogen) atoms. The Kier molecular flexibility index (Phi) is 5.64. The molecule has 0 unspecified atom stereocenters. The van der Waals surface area contributed by atoms with E-state index in [0.29, 0.717) is 5.69 Å². The van der Waals surface area contributed by atoms with Crippen LogP contribution in [0.3, 0.4) is 0 Å². The van der Waals surface area contributed by atoms with Gasteiger partial charge in [-0.15, -0.1) is 0 Å². The lowest BCUT2D eigenvalue weighted by molar-refractivity contribution is -0.125. The Hall–Kier alpha value is -2.30. The van der Waals surface area contributed by atoms with Gasteiger partial charge in [-0.3, -0.25) is 9.78 Å². The Balaban J connectivity index is 1.63. The Labute approximate surface area is 155 Å². The second kappa shape index (κ2) is 7.94. The molecule has 1 atom stereocenters. The lowest BCUT2D eigenvalue weighted by Gasteiger charge is -2.30. The number of hydrogen-bond donors (Lipinski definition) is 2. The quantitative estimate of drug-likeness (QED) is 0.850. The van der Waals surface area contributed by atoms with Crippen molar-refractivity contribution in [3.63, 3.8) is 0 Å². The summed E-state index contributed by atoms with van der Waals surface area (Å²) in [6.07, 6.45) is 4.79. The molecular formula is C21H29N3O2. The molecule has 0 saturated heterocycles. The van der Waals surface area contributed by atoms with Gasteiger partial charge in [-0.05, 0) is 57.2 Å². The molecule has 5 heteroatoms. The minimum absolute atomic E-state index is 0.0820. The van der Waals surface area contributed by atoms with E-state index >= 15 is 0 Å². The van der Waals surface area contributed by atoms with Crippen molar-refractivity contribution in [3.8, 4) is 5.75 Å². The number of nitrogen functional groups attached to an aromatic ring is 1. The molecule has 0 spiro atoms. The summed E-state index contributed by atoms with van der Waals surface area (Å²) < 4.78 is 6.28. The van der Waals surface area contributed by atoms with Crippen LogP contribution < -0.4 is 15.8 Å². The van der Waals surface area contributed by atoms with Crippen LogP contribution in [0.4, 0.5) is 5.69 Å². The van der Waals surface area contributed by atoms with Gasteiger partial charge in [0.1, 0.15) is 5.75 Å². The predicted octanol–water partition coefficient (Wildman–Crippen LogP) is 3.98. The fourth-order valence-electron chi connectivity index (χ4n) is 3.55. The molecule has 1 saturated carbocycles. The van der Waals surface area contributed by atoms with E-state index in [-0.39, 0.29) is 24.0 Å². The van der Waals surface area contributed by atoms with Crippen LogP contribution in [-0.2, 0) is 4.79 Å². The van der Waals surface area contributed by atoms with E-state index in [1.165, 1.54) is 0 Å². The van der Waals surface area contributed by atoms with E-state index in [1.54, 1.807) is 0 Å². The maximum absolute atomic E-state index is 12.1. The van der Waals surface area contributed by atoms with Crippen LogP contribution in [0.25, 0.3) is 10.9 Å². The number of hydrogen-bond acceptors (Lipinski definition) is 4. The van der Waals surface area contributed by atoms with Gasteiger partial charge in [0.25, 0.3) is 0 Å². The summed E-state index contributed by atoms with van der Waals surface area (Å²) in [7, 11) is 0. The third-order valence-corrected chi connectivity index (χ3v) is 5.33. The zero-order chi connectivity index (χ0) is 18.7. The minimum atomic E-state index is 0.0820.